The molecule has 2 aliphatic rings. The third-order valence-corrected chi connectivity index (χ3v) is 9.01. The molecule has 0 bridgehead atoms. The molecule has 166 valence electrons. The number of nitrogens with one attached hydrogen (secondary N) is 1. The fraction of sp³-hybridized carbons (Fsp3) is 0.591. The van der Waals surface area contributed by atoms with Gasteiger partial charge in [0.25, 0.3) is 0 Å². The van der Waals surface area contributed by atoms with E-state index in [1.165, 1.54) is 5.56 Å². The number of aromatic nitrogens is 4. The predicted molar refractivity (Wildman–Crippen MR) is 119 cm³/mol. The number of rotatable bonds is 6. The van der Waals surface area contributed by atoms with Gasteiger partial charge in [0, 0.05) is 37.2 Å². The van der Waals surface area contributed by atoms with Crippen molar-refractivity contribution in [1.29, 1.82) is 0 Å². The third kappa shape index (κ3) is 4.06. The van der Waals surface area contributed by atoms with Crippen molar-refractivity contribution in [1.82, 2.24) is 24.5 Å². The van der Waals surface area contributed by atoms with Crippen LogP contribution >= 0.6 is 0 Å². The van der Waals surface area contributed by atoms with E-state index in [0.717, 1.165) is 54.0 Å². The Balaban J connectivity index is 1.28. The van der Waals surface area contributed by atoms with Crippen LogP contribution in [0.4, 0.5) is 0 Å². The number of fused-ring (bicyclic) bond motifs is 3. The quantitative estimate of drug-likeness (QED) is 0.628. The van der Waals surface area contributed by atoms with E-state index in [1.807, 2.05) is 18.5 Å². The van der Waals surface area contributed by atoms with E-state index < -0.39 is 10.0 Å². The van der Waals surface area contributed by atoms with Crippen LogP contribution in [0.5, 0.6) is 0 Å². The van der Waals surface area contributed by atoms with Gasteiger partial charge in [0.15, 0.2) is 0 Å². The zero-order chi connectivity index (χ0) is 21.4. The zero-order valence-corrected chi connectivity index (χ0v) is 18.6. The zero-order valence-electron chi connectivity index (χ0n) is 17.8. The smallest absolute Gasteiger partial charge is 0.214 e. The lowest BCUT2D eigenvalue weighted by molar-refractivity contribution is 0.157. The van der Waals surface area contributed by atoms with Crippen molar-refractivity contribution in [3.05, 3.63) is 30.2 Å². The molecule has 31 heavy (non-hydrogen) atoms. The fourth-order valence-electron chi connectivity index (χ4n) is 5.37. The van der Waals surface area contributed by atoms with E-state index in [2.05, 4.69) is 20.2 Å². The van der Waals surface area contributed by atoms with Crippen molar-refractivity contribution < 1.29 is 13.2 Å². The summed E-state index contributed by atoms with van der Waals surface area (Å²) in [5.41, 5.74) is 2.88. The number of ether oxygens (including phenoxy) is 1. The van der Waals surface area contributed by atoms with E-state index in [9.17, 15) is 8.42 Å². The maximum Gasteiger partial charge on any atom is 0.214 e. The molecule has 2 fully saturated rings. The lowest BCUT2D eigenvalue weighted by Crippen LogP contribution is -2.34. The van der Waals surface area contributed by atoms with Crippen LogP contribution in [0.2, 0.25) is 0 Å². The maximum absolute atomic E-state index is 13.0. The highest BCUT2D eigenvalue weighted by Gasteiger charge is 2.34. The second-order valence-electron chi connectivity index (χ2n) is 9.02. The van der Waals surface area contributed by atoms with Gasteiger partial charge < -0.3 is 9.72 Å². The van der Waals surface area contributed by atoms with Gasteiger partial charge in [-0.3, -0.25) is 0 Å². The summed E-state index contributed by atoms with van der Waals surface area (Å²) in [6.07, 6.45) is 10.2. The normalized spacial score (nSPS) is 25.5. The molecule has 0 spiro atoms. The van der Waals surface area contributed by atoms with Gasteiger partial charge >= 0.3 is 0 Å². The Bertz CT molecular complexity index is 1170. The summed E-state index contributed by atoms with van der Waals surface area (Å²) in [5.74, 6) is 1.18. The Hall–Kier alpha value is -2.10. The molecular formula is C22H29N5O3S. The van der Waals surface area contributed by atoms with Gasteiger partial charge in [-0.05, 0) is 61.5 Å². The first-order valence-corrected chi connectivity index (χ1v) is 12.7. The van der Waals surface area contributed by atoms with Crippen LogP contribution in [0.25, 0.3) is 21.9 Å². The summed E-state index contributed by atoms with van der Waals surface area (Å²) in [6, 6.07) is 2.04. The molecule has 9 heteroatoms. The number of hydrogen-bond acceptors (Lipinski definition) is 6. The lowest BCUT2D eigenvalue weighted by atomic mass is 9.79. The van der Waals surface area contributed by atoms with Crippen LogP contribution in [0, 0.1) is 11.8 Å². The molecule has 8 nitrogen and oxygen atoms in total. The van der Waals surface area contributed by atoms with Crippen LogP contribution < -0.4 is 0 Å². The van der Waals surface area contributed by atoms with E-state index in [1.54, 1.807) is 17.6 Å². The van der Waals surface area contributed by atoms with E-state index in [0.29, 0.717) is 31.5 Å². The summed E-state index contributed by atoms with van der Waals surface area (Å²) in [7, 11) is -1.53. The number of methoxy groups -OCH3 is 1. The Morgan fingerprint density at radius 1 is 1.16 bits per heavy atom. The van der Waals surface area contributed by atoms with Gasteiger partial charge in [-0.2, -0.15) is 5.10 Å². The molecule has 1 unspecified atom stereocenters. The molecule has 0 radical (unpaired) electrons. The topological polar surface area (TPSA) is 101 Å². The van der Waals surface area contributed by atoms with Crippen LogP contribution in [0.1, 0.15) is 43.6 Å². The van der Waals surface area contributed by atoms with Crippen LogP contribution in [-0.2, 0) is 14.8 Å². The Morgan fingerprint density at radius 2 is 2.00 bits per heavy atom. The Labute approximate surface area is 182 Å². The van der Waals surface area contributed by atoms with Gasteiger partial charge in [-0.1, -0.05) is 0 Å². The Kier molecular flexibility index (Phi) is 5.66. The first kappa shape index (κ1) is 20.8. The summed E-state index contributed by atoms with van der Waals surface area (Å²) >= 11 is 0. The molecule has 3 aromatic rings. The third-order valence-electron chi connectivity index (χ3n) is 6.99. The summed E-state index contributed by atoms with van der Waals surface area (Å²) in [5, 5.41) is 10.7. The molecular weight excluding hydrogens is 414 g/mol. The molecule has 0 aromatic carbocycles. The van der Waals surface area contributed by atoms with Gasteiger partial charge in [-0.25, -0.2) is 17.7 Å². The number of sulfonamides is 1. The van der Waals surface area contributed by atoms with Gasteiger partial charge in [-0.15, -0.1) is 5.10 Å². The molecule has 0 amide bonds. The molecule has 1 aliphatic carbocycles. The first-order valence-electron chi connectivity index (χ1n) is 11.1. The van der Waals surface area contributed by atoms with E-state index in [4.69, 9.17) is 4.74 Å². The molecule has 1 saturated heterocycles. The molecule has 3 aromatic heterocycles. The summed E-state index contributed by atoms with van der Waals surface area (Å²) in [4.78, 5) is 7.60. The van der Waals surface area contributed by atoms with Gasteiger partial charge in [0.1, 0.15) is 11.2 Å². The summed E-state index contributed by atoms with van der Waals surface area (Å²) in [6.45, 7) is 1.86. The predicted octanol–water partition coefficient (Wildman–Crippen LogP) is 3.08. The second-order valence-corrected chi connectivity index (χ2v) is 11.0. The van der Waals surface area contributed by atoms with E-state index in [-0.39, 0.29) is 11.7 Å². The number of hydrogen-bond donors (Lipinski definition) is 1. The minimum Gasteiger partial charge on any atom is -0.384 e. The van der Waals surface area contributed by atoms with Crippen molar-refractivity contribution in [3.8, 4) is 0 Å². The minimum absolute atomic E-state index is 0.220. The highest BCUT2D eigenvalue weighted by molar-refractivity contribution is 7.89. The average molecular weight is 444 g/mol. The average Bonchev–Trinajstić information content (AvgIpc) is 3.44. The van der Waals surface area contributed by atoms with Crippen LogP contribution in [0.15, 0.2) is 24.7 Å². The number of pyridine rings is 1. The molecule has 1 saturated carbocycles. The molecule has 5 rings (SSSR count). The standard InChI is InChI=1S/C22H29N5O3S/c1-30-13-16-7-9-27(12-16)31(28,29)14-15-2-4-17(5-3-15)19-10-25-26-20-11-24-22-18(21(19)20)6-8-23-22/h6,8,10-11,15-17H,2-5,7,9,12-14H2,1H3,(H,23,24). The first-order chi connectivity index (χ1) is 15.0. The molecule has 1 N–H and O–H groups in total. The lowest BCUT2D eigenvalue weighted by Gasteiger charge is -2.30. The molecule has 4 heterocycles. The number of aromatic amines is 1. The van der Waals surface area contributed by atoms with Crippen LogP contribution in [0.3, 0.4) is 0 Å². The Morgan fingerprint density at radius 3 is 2.81 bits per heavy atom. The highest BCUT2D eigenvalue weighted by Crippen LogP contribution is 2.40. The van der Waals surface area contributed by atoms with Crippen molar-refractivity contribution in [3.63, 3.8) is 0 Å². The highest BCUT2D eigenvalue weighted by atomic mass is 32.2. The monoisotopic (exact) mass is 443 g/mol. The number of nitrogens with zero attached hydrogens (tertiary/aromatic N) is 4. The second kappa shape index (κ2) is 8.44. The summed E-state index contributed by atoms with van der Waals surface area (Å²) < 4.78 is 32.8. The van der Waals surface area contributed by atoms with Crippen LogP contribution in [-0.4, -0.2) is 65.4 Å². The SMILES string of the molecule is COCC1CCN(S(=O)(=O)CC2CCC(c3cnnc4cnc5[nH]ccc5c34)CC2)C1. The largest absolute Gasteiger partial charge is 0.384 e. The maximum atomic E-state index is 13.0. The van der Waals surface area contributed by atoms with E-state index >= 15 is 0 Å². The van der Waals surface area contributed by atoms with Crippen molar-refractivity contribution in [2.45, 2.75) is 38.0 Å². The minimum atomic E-state index is -3.21. The van der Waals surface area contributed by atoms with Crippen molar-refractivity contribution in [2.75, 3.05) is 32.6 Å². The van der Waals surface area contributed by atoms with Gasteiger partial charge in [0.2, 0.25) is 10.0 Å². The van der Waals surface area contributed by atoms with Gasteiger partial charge in [0.05, 0.1) is 24.8 Å². The fourth-order valence-corrected chi connectivity index (χ4v) is 7.33. The number of H-pyrrole nitrogens is 1. The molecule has 1 aliphatic heterocycles. The van der Waals surface area contributed by atoms with Crippen molar-refractivity contribution >= 4 is 32.0 Å². The molecule has 1 atom stereocenters. The van der Waals surface area contributed by atoms with Crippen molar-refractivity contribution in [2.24, 2.45) is 11.8 Å².